The van der Waals surface area contributed by atoms with Gasteiger partial charge in [-0.2, -0.15) is 0 Å². The summed E-state index contributed by atoms with van der Waals surface area (Å²) in [5.74, 6) is -0.303. The minimum atomic E-state index is -0.582. The number of nitrogens with one attached hydrogen (secondary N) is 2. The number of primary amides is 1. The number of unbranched alkanes of at least 4 members (excludes halogenated alkanes) is 2. The number of nitrogens with zero attached hydrogens (tertiary/aromatic N) is 4. The van der Waals surface area contributed by atoms with Crippen LogP contribution in [-0.2, 0) is 22.7 Å². The van der Waals surface area contributed by atoms with Crippen LogP contribution in [-0.4, -0.2) is 64.4 Å². The van der Waals surface area contributed by atoms with Crippen molar-refractivity contribution in [1.29, 1.82) is 0 Å². The summed E-state index contributed by atoms with van der Waals surface area (Å²) in [6.45, 7) is 6.08. The maximum atomic E-state index is 13.5. The summed E-state index contributed by atoms with van der Waals surface area (Å²) < 4.78 is 0. The molecular weight excluding hydrogens is 494 g/mol. The first-order valence-corrected chi connectivity index (χ1v) is 13.3. The summed E-state index contributed by atoms with van der Waals surface area (Å²) >= 11 is 0. The molecule has 4 N–H and O–H groups in total. The highest BCUT2D eigenvalue weighted by Gasteiger charge is 2.27. The van der Waals surface area contributed by atoms with E-state index in [9.17, 15) is 14.4 Å². The SMILES string of the molecule is CCCCCNC(=O)CN(CC(=O)N(C)N1Cc2ccccc2C1)c1ccc(-c2ncc(C(N)=O)[nH]2)cc1C. The van der Waals surface area contributed by atoms with Gasteiger partial charge >= 0.3 is 0 Å². The van der Waals surface area contributed by atoms with E-state index >= 15 is 0 Å². The van der Waals surface area contributed by atoms with Crippen LogP contribution < -0.4 is 16.0 Å². The van der Waals surface area contributed by atoms with Crippen molar-refractivity contribution in [3.8, 4) is 11.4 Å². The van der Waals surface area contributed by atoms with E-state index in [1.54, 1.807) is 12.1 Å². The number of aromatic amines is 1. The zero-order valence-electron chi connectivity index (χ0n) is 22.9. The molecule has 3 aromatic rings. The molecule has 1 aromatic heterocycles. The predicted molar refractivity (Wildman–Crippen MR) is 150 cm³/mol. The Morgan fingerprint density at radius 2 is 1.79 bits per heavy atom. The van der Waals surface area contributed by atoms with Gasteiger partial charge in [-0.15, -0.1) is 0 Å². The van der Waals surface area contributed by atoms with Crippen LogP contribution >= 0.6 is 0 Å². The lowest BCUT2D eigenvalue weighted by atomic mass is 10.1. The van der Waals surface area contributed by atoms with E-state index in [0.717, 1.165) is 36.1 Å². The number of aryl methyl sites for hydroxylation is 1. The van der Waals surface area contributed by atoms with Gasteiger partial charge < -0.3 is 20.9 Å². The van der Waals surface area contributed by atoms with Crippen molar-refractivity contribution in [3.63, 3.8) is 0 Å². The summed E-state index contributed by atoms with van der Waals surface area (Å²) in [6.07, 6.45) is 4.45. The average Bonchev–Trinajstić information content (AvgIpc) is 3.58. The molecule has 10 nitrogen and oxygen atoms in total. The molecule has 1 aliphatic heterocycles. The molecule has 0 saturated heterocycles. The number of imidazole rings is 1. The normalized spacial score (nSPS) is 12.7. The van der Waals surface area contributed by atoms with Crippen LogP contribution in [0.1, 0.15) is 53.4 Å². The fourth-order valence-electron chi connectivity index (χ4n) is 4.76. The first-order chi connectivity index (χ1) is 18.8. The van der Waals surface area contributed by atoms with E-state index in [2.05, 4.69) is 34.3 Å². The van der Waals surface area contributed by atoms with Gasteiger partial charge in [0.25, 0.3) is 11.8 Å². The van der Waals surface area contributed by atoms with E-state index in [-0.39, 0.29) is 30.6 Å². The fourth-order valence-corrected chi connectivity index (χ4v) is 4.76. The Balaban J connectivity index is 1.51. The zero-order valence-corrected chi connectivity index (χ0v) is 22.9. The van der Waals surface area contributed by atoms with Crippen LogP contribution in [0.2, 0.25) is 0 Å². The minimum absolute atomic E-state index is 0.0402. The smallest absolute Gasteiger partial charge is 0.266 e. The molecule has 2 aromatic carbocycles. The van der Waals surface area contributed by atoms with E-state index < -0.39 is 5.91 Å². The summed E-state index contributed by atoms with van der Waals surface area (Å²) in [5.41, 5.74) is 10.4. The topological polar surface area (TPSA) is 128 Å². The minimum Gasteiger partial charge on any atom is -0.364 e. The van der Waals surface area contributed by atoms with Gasteiger partial charge in [-0.25, -0.2) is 9.99 Å². The quantitative estimate of drug-likeness (QED) is 0.308. The Morgan fingerprint density at radius 3 is 2.41 bits per heavy atom. The molecule has 0 saturated carbocycles. The number of carbonyl (C=O) groups excluding carboxylic acids is 3. The number of hydrogen-bond acceptors (Lipinski definition) is 6. The van der Waals surface area contributed by atoms with Crippen LogP contribution in [0.3, 0.4) is 0 Å². The fraction of sp³-hybridized carbons (Fsp3) is 0.379. The lowest BCUT2D eigenvalue weighted by Gasteiger charge is -2.32. The Kier molecular flexibility index (Phi) is 8.98. The lowest BCUT2D eigenvalue weighted by molar-refractivity contribution is -0.145. The molecule has 10 heteroatoms. The molecule has 0 spiro atoms. The molecule has 1 aliphatic rings. The third kappa shape index (κ3) is 6.83. The number of amides is 3. The van der Waals surface area contributed by atoms with E-state index in [4.69, 9.17) is 5.73 Å². The summed E-state index contributed by atoms with van der Waals surface area (Å²) in [5, 5.41) is 6.65. The monoisotopic (exact) mass is 531 g/mol. The molecule has 3 amide bonds. The van der Waals surface area contributed by atoms with Crippen molar-refractivity contribution in [2.45, 2.75) is 46.2 Å². The molecule has 2 heterocycles. The van der Waals surface area contributed by atoms with E-state index in [0.29, 0.717) is 25.5 Å². The second-order valence-corrected chi connectivity index (χ2v) is 9.93. The molecule has 0 aliphatic carbocycles. The first-order valence-electron chi connectivity index (χ1n) is 13.3. The molecule has 4 rings (SSSR count). The van der Waals surface area contributed by atoms with Crippen molar-refractivity contribution >= 4 is 23.4 Å². The number of aromatic nitrogens is 2. The molecular formula is C29H37N7O3. The number of nitrogens with two attached hydrogens (primary N) is 1. The molecule has 206 valence electrons. The number of benzene rings is 2. The zero-order chi connectivity index (χ0) is 27.9. The van der Waals surface area contributed by atoms with Crippen LogP contribution in [0.25, 0.3) is 11.4 Å². The van der Waals surface area contributed by atoms with Crippen LogP contribution in [0.5, 0.6) is 0 Å². The number of fused-ring (bicyclic) bond motifs is 1. The number of H-pyrrole nitrogens is 1. The number of hydrogen-bond donors (Lipinski definition) is 3. The Hall–Kier alpha value is -4.18. The second-order valence-electron chi connectivity index (χ2n) is 9.93. The van der Waals surface area contributed by atoms with Crippen molar-refractivity contribution in [2.75, 3.05) is 31.6 Å². The van der Waals surface area contributed by atoms with Gasteiger partial charge in [-0.05, 0) is 48.2 Å². The van der Waals surface area contributed by atoms with E-state index in [1.165, 1.54) is 17.3 Å². The van der Waals surface area contributed by atoms with Crippen LogP contribution in [0, 0.1) is 6.92 Å². The molecule has 0 radical (unpaired) electrons. The summed E-state index contributed by atoms with van der Waals surface area (Å²) in [7, 11) is 1.78. The number of hydrazine groups is 1. The van der Waals surface area contributed by atoms with Crippen LogP contribution in [0.15, 0.2) is 48.7 Å². The highest BCUT2D eigenvalue weighted by atomic mass is 16.2. The van der Waals surface area contributed by atoms with Crippen molar-refractivity contribution in [3.05, 3.63) is 71.0 Å². The summed E-state index contributed by atoms with van der Waals surface area (Å²) in [6, 6.07) is 13.8. The third-order valence-corrected chi connectivity index (χ3v) is 7.02. The lowest BCUT2D eigenvalue weighted by Crippen LogP contribution is -2.48. The standard InChI is InChI=1S/C29H37N7O3/c1-4-5-8-13-31-26(37)18-35(19-27(38)34(3)36-16-22-9-6-7-10-23(22)17-36)25-12-11-21(14-20(25)2)29-32-15-24(33-29)28(30)39/h6-7,9-12,14-15H,4-5,8,13,16-19H2,1-3H3,(H2,30,39)(H,31,37)(H,32,33). The van der Waals surface area contributed by atoms with E-state index in [1.807, 2.05) is 47.2 Å². The van der Waals surface area contributed by atoms with Gasteiger partial charge in [0.1, 0.15) is 11.5 Å². The predicted octanol–water partition coefficient (Wildman–Crippen LogP) is 2.99. The van der Waals surface area contributed by atoms with Crippen LogP contribution in [0.4, 0.5) is 5.69 Å². The molecule has 0 fully saturated rings. The average molecular weight is 532 g/mol. The van der Waals surface area contributed by atoms with Crippen molar-refractivity contribution in [2.24, 2.45) is 5.73 Å². The Labute approximate surface area is 229 Å². The van der Waals surface area contributed by atoms with Gasteiger partial charge in [0, 0.05) is 37.9 Å². The Bertz CT molecular complexity index is 1310. The van der Waals surface area contributed by atoms with Gasteiger partial charge in [-0.3, -0.25) is 19.4 Å². The number of rotatable bonds is 12. The number of anilines is 1. The maximum Gasteiger partial charge on any atom is 0.266 e. The maximum absolute atomic E-state index is 13.5. The third-order valence-electron chi connectivity index (χ3n) is 7.02. The van der Waals surface area contributed by atoms with Gasteiger partial charge in [0.15, 0.2) is 0 Å². The number of likely N-dealkylation sites (N-methyl/N-ethyl adjacent to an activating group) is 1. The highest BCUT2D eigenvalue weighted by molar-refractivity contribution is 5.91. The largest absolute Gasteiger partial charge is 0.364 e. The summed E-state index contributed by atoms with van der Waals surface area (Å²) in [4.78, 5) is 46.8. The molecule has 0 unspecified atom stereocenters. The molecule has 0 bridgehead atoms. The highest BCUT2D eigenvalue weighted by Crippen LogP contribution is 2.27. The number of carbonyl (C=O) groups is 3. The van der Waals surface area contributed by atoms with Crippen molar-refractivity contribution < 1.29 is 14.4 Å². The molecule has 39 heavy (non-hydrogen) atoms. The van der Waals surface area contributed by atoms with Gasteiger partial charge in [0.2, 0.25) is 5.91 Å². The first kappa shape index (κ1) is 27.8. The Morgan fingerprint density at radius 1 is 1.08 bits per heavy atom. The second kappa shape index (κ2) is 12.6. The van der Waals surface area contributed by atoms with Gasteiger partial charge in [0.05, 0.1) is 19.3 Å². The van der Waals surface area contributed by atoms with Gasteiger partial charge in [-0.1, -0.05) is 44.0 Å². The van der Waals surface area contributed by atoms with Crippen molar-refractivity contribution in [1.82, 2.24) is 25.3 Å². The molecule has 0 atom stereocenters.